The average Bonchev–Trinajstić information content (AvgIpc) is 3.28. The molecule has 24 heavy (non-hydrogen) atoms. The van der Waals surface area contributed by atoms with Gasteiger partial charge in [0.1, 0.15) is 11.8 Å². The number of urea groups is 1. The van der Waals surface area contributed by atoms with Gasteiger partial charge in [0.2, 0.25) is 0 Å². The van der Waals surface area contributed by atoms with E-state index in [1.165, 1.54) is 4.90 Å². The number of nitrogens with zero attached hydrogens (tertiary/aromatic N) is 3. The van der Waals surface area contributed by atoms with E-state index in [0.717, 1.165) is 12.0 Å². The molecule has 0 N–H and O–H groups in total. The molecule has 1 aliphatic carbocycles. The van der Waals surface area contributed by atoms with E-state index in [2.05, 4.69) is 4.99 Å². The summed E-state index contributed by atoms with van der Waals surface area (Å²) in [7, 11) is 0. The summed E-state index contributed by atoms with van der Waals surface area (Å²) in [5, 5.41) is 0.376. The van der Waals surface area contributed by atoms with Crippen molar-refractivity contribution in [3.8, 4) is 0 Å². The van der Waals surface area contributed by atoms with Crippen LogP contribution < -0.4 is 0 Å². The molecule has 2 heterocycles. The Bertz CT molecular complexity index is 734. The van der Waals surface area contributed by atoms with E-state index in [1.807, 2.05) is 30.3 Å². The number of imide groups is 1. The van der Waals surface area contributed by atoms with Gasteiger partial charge in [-0.3, -0.25) is 0 Å². The molecule has 0 bridgehead atoms. The van der Waals surface area contributed by atoms with Gasteiger partial charge in [-0.1, -0.05) is 41.9 Å². The highest BCUT2D eigenvalue weighted by Crippen LogP contribution is 2.43. The molecule has 2 fully saturated rings. The lowest BCUT2D eigenvalue weighted by atomic mass is 10.1. The largest absolute Gasteiger partial charge is 0.444 e. The second-order valence-electron chi connectivity index (χ2n) is 6.07. The van der Waals surface area contributed by atoms with Gasteiger partial charge in [-0.05, 0) is 18.1 Å². The van der Waals surface area contributed by atoms with Crippen molar-refractivity contribution in [3.05, 3.63) is 47.1 Å². The van der Waals surface area contributed by atoms with E-state index in [0.29, 0.717) is 11.6 Å². The fourth-order valence-corrected chi connectivity index (χ4v) is 3.47. The van der Waals surface area contributed by atoms with Crippen LogP contribution in [0.25, 0.3) is 0 Å². The van der Waals surface area contributed by atoms with Gasteiger partial charge >= 0.3 is 12.1 Å². The summed E-state index contributed by atoms with van der Waals surface area (Å²) in [5.74, 6) is 0. The van der Waals surface area contributed by atoms with Crippen molar-refractivity contribution in [2.24, 2.45) is 4.99 Å². The number of rotatable bonds is 3. The summed E-state index contributed by atoms with van der Waals surface area (Å²) in [6.45, 7) is 0.155. The number of benzene rings is 1. The number of ether oxygens (including phenoxy) is 1. The first kappa shape index (κ1) is 15.2. The van der Waals surface area contributed by atoms with E-state index >= 15 is 0 Å². The number of carbonyl (C=O) groups excluding carboxylic acids is 2. The molecule has 124 valence electrons. The van der Waals surface area contributed by atoms with E-state index in [4.69, 9.17) is 16.3 Å². The molecule has 0 aromatic heterocycles. The van der Waals surface area contributed by atoms with Crippen LogP contribution in [-0.2, 0) is 11.3 Å². The number of hydrogen-bond acceptors (Lipinski definition) is 4. The number of halogens is 1. The van der Waals surface area contributed by atoms with Gasteiger partial charge < -0.3 is 9.64 Å². The molecule has 0 radical (unpaired) electrons. The lowest BCUT2D eigenvalue weighted by Crippen LogP contribution is -2.45. The van der Waals surface area contributed by atoms with Crippen molar-refractivity contribution >= 4 is 29.9 Å². The summed E-state index contributed by atoms with van der Waals surface area (Å²) in [6.07, 6.45) is 4.27. The predicted molar refractivity (Wildman–Crippen MR) is 88.7 cm³/mol. The van der Waals surface area contributed by atoms with Gasteiger partial charge in [0.05, 0.1) is 18.1 Å². The minimum Gasteiger partial charge on any atom is -0.444 e. The Morgan fingerprint density at radius 2 is 2.08 bits per heavy atom. The molecule has 2 aliphatic heterocycles. The maximum absolute atomic E-state index is 12.6. The van der Waals surface area contributed by atoms with E-state index in [9.17, 15) is 9.59 Å². The van der Waals surface area contributed by atoms with E-state index in [1.54, 1.807) is 17.2 Å². The third-order valence-corrected chi connectivity index (χ3v) is 4.71. The van der Waals surface area contributed by atoms with Crippen LogP contribution >= 0.6 is 11.6 Å². The Labute approximate surface area is 144 Å². The normalized spacial score (nSPS) is 27.8. The zero-order chi connectivity index (χ0) is 16.7. The van der Waals surface area contributed by atoms with Gasteiger partial charge in [-0.2, -0.15) is 0 Å². The number of fused-ring (bicyclic) bond motifs is 1. The van der Waals surface area contributed by atoms with Crippen LogP contribution in [0.5, 0.6) is 0 Å². The number of hydrogen-bond donors (Lipinski definition) is 0. The third-order valence-electron chi connectivity index (χ3n) is 4.49. The van der Waals surface area contributed by atoms with Gasteiger partial charge in [-0.15, -0.1) is 0 Å². The van der Waals surface area contributed by atoms with Gasteiger partial charge in [0.15, 0.2) is 0 Å². The summed E-state index contributed by atoms with van der Waals surface area (Å²) in [6, 6.07) is 8.91. The SMILES string of the molecule is O=C(OCc1ccccc1)N1C(=O)N(C2C=C(Cl)N=CC2)C2CC21. The van der Waals surface area contributed by atoms with Crippen LogP contribution in [0.2, 0.25) is 0 Å². The first-order chi connectivity index (χ1) is 11.6. The molecular formula is C17H16ClN3O3. The number of aliphatic imine (C=N–C) groups is 1. The van der Waals surface area contributed by atoms with Crippen molar-refractivity contribution in [1.82, 2.24) is 9.80 Å². The fourth-order valence-electron chi connectivity index (χ4n) is 3.26. The molecule has 1 aromatic carbocycles. The Morgan fingerprint density at radius 3 is 2.83 bits per heavy atom. The smallest absolute Gasteiger partial charge is 0.418 e. The van der Waals surface area contributed by atoms with Crippen molar-refractivity contribution in [3.63, 3.8) is 0 Å². The quantitative estimate of drug-likeness (QED) is 0.791. The molecular weight excluding hydrogens is 330 g/mol. The van der Waals surface area contributed by atoms with Crippen molar-refractivity contribution < 1.29 is 14.3 Å². The van der Waals surface area contributed by atoms with Gasteiger partial charge in [0.25, 0.3) is 0 Å². The Hall–Kier alpha value is -2.34. The standard InChI is InChI=1S/C17H16ClN3O3/c18-15-8-12(6-7-19-15)20-13-9-14(13)21(16(20)22)17(23)24-10-11-4-2-1-3-5-11/h1-5,7-8,12-14H,6,9-10H2. The highest BCUT2D eigenvalue weighted by atomic mass is 35.5. The van der Waals surface area contributed by atoms with Crippen LogP contribution in [0.1, 0.15) is 18.4 Å². The van der Waals surface area contributed by atoms with Crippen molar-refractivity contribution in [2.75, 3.05) is 0 Å². The summed E-state index contributed by atoms with van der Waals surface area (Å²) in [4.78, 5) is 31.9. The van der Waals surface area contributed by atoms with Crippen LogP contribution in [0.4, 0.5) is 9.59 Å². The number of carbonyl (C=O) groups is 2. The summed E-state index contributed by atoms with van der Waals surface area (Å²) in [5.41, 5.74) is 0.889. The Kier molecular flexibility index (Phi) is 3.76. The van der Waals surface area contributed by atoms with Crippen LogP contribution in [0.3, 0.4) is 0 Å². The molecule has 1 saturated carbocycles. The van der Waals surface area contributed by atoms with Gasteiger partial charge in [0, 0.05) is 12.6 Å². The highest BCUT2D eigenvalue weighted by Gasteiger charge is 2.61. The fraction of sp³-hybridized carbons (Fsp3) is 0.353. The zero-order valence-electron chi connectivity index (χ0n) is 12.8. The Balaban J connectivity index is 1.43. The van der Waals surface area contributed by atoms with Crippen LogP contribution in [0, 0.1) is 0 Å². The maximum atomic E-state index is 12.6. The molecule has 0 spiro atoms. The summed E-state index contributed by atoms with van der Waals surface area (Å²) < 4.78 is 5.31. The molecule has 3 unspecified atom stereocenters. The topological polar surface area (TPSA) is 62.2 Å². The second kappa shape index (κ2) is 5.94. The second-order valence-corrected chi connectivity index (χ2v) is 6.46. The van der Waals surface area contributed by atoms with Crippen LogP contribution in [-0.4, -0.2) is 46.3 Å². The molecule has 1 aromatic rings. The lowest BCUT2D eigenvalue weighted by molar-refractivity contribution is 0.101. The summed E-state index contributed by atoms with van der Waals surface area (Å²) >= 11 is 5.94. The highest BCUT2D eigenvalue weighted by molar-refractivity contribution is 6.30. The van der Waals surface area contributed by atoms with E-state index in [-0.39, 0.29) is 30.8 Å². The maximum Gasteiger partial charge on any atom is 0.418 e. The molecule has 3 atom stereocenters. The van der Waals surface area contributed by atoms with Crippen molar-refractivity contribution in [1.29, 1.82) is 0 Å². The monoisotopic (exact) mass is 345 g/mol. The first-order valence-electron chi connectivity index (χ1n) is 7.87. The van der Waals surface area contributed by atoms with E-state index < -0.39 is 6.09 Å². The molecule has 4 rings (SSSR count). The first-order valence-corrected chi connectivity index (χ1v) is 8.25. The number of amides is 3. The third kappa shape index (κ3) is 2.67. The Morgan fingerprint density at radius 1 is 1.29 bits per heavy atom. The molecule has 7 heteroatoms. The molecule has 1 saturated heterocycles. The lowest BCUT2D eigenvalue weighted by Gasteiger charge is -2.28. The minimum absolute atomic E-state index is 0.0546. The predicted octanol–water partition coefficient (Wildman–Crippen LogP) is 3.13. The van der Waals surface area contributed by atoms with Crippen molar-refractivity contribution in [2.45, 2.75) is 37.6 Å². The zero-order valence-corrected chi connectivity index (χ0v) is 13.6. The molecule has 3 aliphatic rings. The molecule has 6 nitrogen and oxygen atoms in total. The van der Waals surface area contributed by atoms with Gasteiger partial charge in [-0.25, -0.2) is 19.5 Å². The van der Waals surface area contributed by atoms with Crippen LogP contribution in [0.15, 0.2) is 46.6 Å². The minimum atomic E-state index is -0.585. The average molecular weight is 346 g/mol. The molecule has 3 amide bonds.